The van der Waals surface area contributed by atoms with Crippen LogP contribution < -0.4 is 0 Å². The van der Waals surface area contributed by atoms with E-state index in [-0.39, 0.29) is 5.48 Å². The molecule has 14 heavy (non-hydrogen) atoms. The lowest BCUT2D eigenvalue weighted by atomic mass is 10.2. The highest BCUT2D eigenvalue weighted by atomic mass is 16.0. The number of rotatable bonds is 0. The summed E-state index contributed by atoms with van der Waals surface area (Å²) in [7, 11) is 0. The number of hydrogen-bond donors (Lipinski definition) is 1. The van der Waals surface area contributed by atoms with Crippen LogP contribution in [0.5, 0.6) is 0 Å². The second kappa shape index (κ2) is 3.08. The highest BCUT2D eigenvalue weighted by Crippen LogP contribution is 2.19. The Morgan fingerprint density at radius 1 is 1.07 bits per heavy atom. The van der Waals surface area contributed by atoms with E-state index in [1.165, 1.54) is 0 Å². The van der Waals surface area contributed by atoms with Gasteiger partial charge in [-0.05, 0) is 6.07 Å². The van der Waals surface area contributed by atoms with E-state index in [4.69, 9.17) is 0 Å². The molecule has 3 N–H and O–H groups in total. The molecule has 70 valence electrons. The predicted molar refractivity (Wildman–Crippen MR) is 55.0 cm³/mol. The quantitative estimate of drug-likeness (QED) is 0.575. The molecule has 0 atom stereocenters. The molecule has 1 aromatic carbocycles. The first-order chi connectivity index (χ1) is 6.45. The molecule has 0 aliphatic heterocycles. The number of H-pyrrole nitrogens is 1. The predicted octanol–water partition coefficient (Wildman–Crippen LogP) is 1.29. The van der Waals surface area contributed by atoms with Crippen LogP contribution in [0.15, 0.2) is 36.8 Å². The summed E-state index contributed by atoms with van der Waals surface area (Å²) in [5.41, 5.74) is 2.96. The summed E-state index contributed by atoms with van der Waals surface area (Å²) in [6.45, 7) is 0. The Bertz CT molecular complexity index is 573. The summed E-state index contributed by atoms with van der Waals surface area (Å²) < 4.78 is 0. The molecule has 4 heteroatoms. The number of fused-ring (bicyclic) bond motifs is 3. The third-order valence-corrected chi connectivity index (χ3v) is 2.16. The zero-order valence-corrected chi connectivity index (χ0v) is 7.36. The van der Waals surface area contributed by atoms with E-state index < -0.39 is 0 Å². The van der Waals surface area contributed by atoms with E-state index in [1.54, 1.807) is 6.33 Å². The van der Waals surface area contributed by atoms with Crippen LogP contribution in [0.3, 0.4) is 0 Å². The average molecular weight is 187 g/mol. The zero-order chi connectivity index (χ0) is 8.67. The van der Waals surface area contributed by atoms with Crippen LogP contribution in [0.2, 0.25) is 0 Å². The van der Waals surface area contributed by atoms with Crippen molar-refractivity contribution in [1.82, 2.24) is 15.0 Å². The van der Waals surface area contributed by atoms with E-state index in [9.17, 15) is 0 Å². The van der Waals surface area contributed by atoms with E-state index in [0.29, 0.717) is 0 Å². The minimum absolute atomic E-state index is 0. The smallest absolute Gasteiger partial charge is 0.0992 e. The van der Waals surface area contributed by atoms with Crippen molar-refractivity contribution in [3.8, 4) is 0 Å². The van der Waals surface area contributed by atoms with Crippen molar-refractivity contribution in [2.75, 3.05) is 0 Å². The SMILES string of the molecule is O.c1ccc2c(c1)ncc1[nH]cnc12. The van der Waals surface area contributed by atoms with Crippen molar-refractivity contribution in [2.24, 2.45) is 0 Å². The summed E-state index contributed by atoms with van der Waals surface area (Å²) in [6.07, 6.45) is 3.50. The lowest BCUT2D eigenvalue weighted by molar-refractivity contribution is 0.824. The number of nitrogens with one attached hydrogen (secondary N) is 1. The first-order valence-electron chi connectivity index (χ1n) is 4.12. The minimum atomic E-state index is 0. The Labute approximate surface area is 79.9 Å². The molecule has 0 saturated heterocycles. The van der Waals surface area contributed by atoms with Gasteiger partial charge < -0.3 is 10.5 Å². The molecule has 0 bridgehead atoms. The summed E-state index contributed by atoms with van der Waals surface area (Å²) in [4.78, 5) is 11.6. The first-order valence-corrected chi connectivity index (χ1v) is 4.12. The monoisotopic (exact) mass is 187 g/mol. The van der Waals surface area contributed by atoms with Crippen molar-refractivity contribution in [3.05, 3.63) is 36.8 Å². The molecule has 0 radical (unpaired) electrons. The number of aromatic nitrogens is 3. The number of pyridine rings is 1. The zero-order valence-electron chi connectivity index (χ0n) is 7.36. The highest BCUT2D eigenvalue weighted by molar-refractivity contribution is 6.01. The van der Waals surface area contributed by atoms with Gasteiger partial charge in [0.15, 0.2) is 0 Å². The van der Waals surface area contributed by atoms with Crippen LogP contribution in [0.1, 0.15) is 0 Å². The minimum Gasteiger partial charge on any atom is -0.412 e. The van der Waals surface area contributed by atoms with Crippen molar-refractivity contribution in [2.45, 2.75) is 0 Å². The largest absolute Gasteiger partial charge is 0.412 e. The molecule has 0 fully saturated rings. The molecule has 0 saturated carbocycles. The van der Waals surface area contributed by atoms with Crippen LogP contribution in [0.25, 0.3) is 21.9 Å². The Morgan fingerprint density at radius 2 is 1.93 bits per heavy atom. The maximum atomic E-state index is 4.31. The van der Waals surface area contributed by atoms with Gasteiger partial charge in [0.25, 0.3) is 0 Å². The second-order valence-electron chi connectivity index (χ2n) is 2.94. The fraction of sp³-hybridized carbons (Fsp3) is 0. The number of para-hydroxylation sites is 1. The summed E-state index contributed by atoms with van der Waals surface area (Å²) in [5.74, 6) is 0. The van der Waals surface area contributed by atoms with Crippen molar-refractivity contribution in [1.29, 1.82) is 0 Å². The topological polar surface area (TPSA) is 73.1 Å². The van der Waals surface area contributed by atoms with Gasteiger partial charge >= 0.3 is 0 Å². The van der Waals surface area contributed by atoms with Gasteiger partial charge in [-0.25, -0.2) is 4.98 Å². The molecule has 0 amide bonds. The molecule has 3 rings (SSSR count). The van der Waals surface area contributed by atoms with Crippen LogP contribution in [-0.2, 0) is 0 Å². The van der Waals surface area contributed by atoms with Crippen molar-refractivity contribution >= 4 is 21.9 Å². The molecule has 0 unspecified atom stereocenters. The molecule has 2 aromatic heterocycles. The molecule has 3 aromatic rings. The van der Waals surface area contributed by atoms with Gasteiger partial charge in [0.2, 0.25) is 0 Å². The summed E-state index contributed by atoms with van der Waals surface area (Å²) in [5, 5.41) is 1.10. The van der Waals surface area contributed by atoms with Gasteiger partial charge in [-0.3, -0.25) is 4.98 Å². The fourth-order valence-electron chi connectivity index (χ4n) is 1.54. The van der Waals surface area contributed by atoms with Crippen LogP contribution in [-0.4, -0.2) is 20.4 Å². The summed E-state index contributed by atoms with van der Waals surface area (Å²) >= 11 is 0. The Morgan fingerprint density at radius 3 is 2.86 bits per heavy atom. The van der Waals surface area contributed by atoms with Crippen molar-refractivity contribution < 1.29 is 5.48 Å². The molecule has 0 spiro atoms. The fourth-order valence-corrected chi connectivity index (χ4v) is 1.54. The molecule has 2 heterocycles. The third-order valence-electron chi connectivity index (χ3n) is 2.16. The van der Waals surface area contributed by atoms with Gasteiger partial charge in [-0.15, -0.1) is 0 Å². The molecular weight excluding hydrogens is 178 g/mol. The first kappa shape index (κ1) is 8.65. The van der Waals surface area contributed by atoms with E-state index >= 15 is 0 Å². The normalized spacial score (nSPS) is 10.3. The van der Waals surface area contributed by atoms with Gasteiger partial charge in [0, 0.05) is 5.39 Å². The lowest BCUT2D eigenvalue weighted by Gasteiger charge is -1.95. The lowest BCUT2D eigenvalue weighted by Crippen LogP contribution is -1.79. The summed E-state index contributed by atoms with van der Waals surface area (Å²) in [6, 6.07) is 8.00. The van der Waals surface area contributed by atoms with Gasteiger partial charge in [0.1, 0.15) is 0 Å². The van der Waals surface area contributed by atoms with Crippen molar-refractivity contribution in [3.63, 3.8) is 0 Å². The third kappa shape index (κ3) is 1.05. The average Bonchev–Trinajstić information content (AvgIpc) is 2.65. The van der Waals surface area contributed by atoms with Crippen LogP contribution >= 0.6 is 0 Å². The Hall–Kier alpha value is -1.94. The molecule has 0 aliphatic carbocycles. The number of imidazole rings is 1. The number of hydrogen-bond acceptors (Lipinski definition) is 2. The van der Waals surface area contributed by atoms with E-state index in [1.807, 2.05) is 30.5 Å². The Kier molecular flexibility index (Phi) is 1.90. The number of aromatic amines is 1. The Balaban J connectivity index is 0.000000750. The van der Waals surface area contributed by atoms with Gasteiger partial charge in [-0.1, -0.05) is 18.2 Å². The van der Waals surface area contributed by atoms with E-state index in [2.05, 4.69) is 15.0 Å². The number of nitrogens with zero attached hydrogens (tertiary/aromatic N) is 2. The standard InChI is InChI=1S/C10H7N3.H2O/c1-2-4-8-7(3-1)10-9(5-11-8)12-6-13-10;/h1-6H,(H,12,13);1H2. The number of benzene rings is 1. The maximum Gasteiger partial charge on any atom is 0.0992 e. The van der Waals surface area contributed by atoms with Crippen LogP contribution in [0, 0.1) is 0 Å². The molecular formula is C10H9N3O. The molecule has 0 aliphatic rings. The maximum absolute atomic E-state index is 4.31. The second-order valence-corrected chi connectivity index (χ2v) is 2.94. The molecule has 4 nitrogen and oxygen atoms in total. The van der Waals surface area contributed by atoms with Gasteiger partial charge in [-0.2, -0.15) is 0 Å². The van der Waals surface area contributed by atoms with Gasteiger partial charge in [0.05, 0.1) is 29.1 Å². The van der Waals surface area contributed by atoms with Crippen LogP contribution in [0.4, 0.5) is 0 Å². The highest BCUT2D eigenvalue weighted by Gasteiger charge is 2.01. The van der Waals surface area contributed by atoms with E-state index in [0.717, 1.165) is 21.9 Å².